The van der Waals surface area contributed by atoms with Crippen molar-refractivity contribution in [3.05, 3.63) is 96.6 Å². The highest BCUT2D eigenvalue weighted by molar-refractivity contribution is 6.00. The van der Waals surface area contributed by atoms with Crippen LogP contribution in [0.5, 0.6) is 0 Å². The molecule has 7 rings (SSSR count). The quantitative estimate of drug-likeness (QED) is 0.191. The number of benzene rings is 2. The van der Waals surface area contributed by atoms with Gasteiger partial charge >= 0.3 is 0 Å². The zero-order valence-electron chi connectivity index (χ0n) is 28.7. The van der Waals surface area contributed by atoms with Crippen molar-refractivity contribution in [2.45, 2.75) is 32.6 Å². The van der Waals surface area contributed by atoms with Crippen molar-refractivity contribution in [1.29, 1.82) is 0 Å². The summed E-state index contributed by atoms with van der Waals surface area (Å²) in [5.74, 6) is 0.956. The number of hydrogen-bond donors (Lipinski definition) is 2. The summed E-state index contributed by atoms with van der Waals surface area (Å²) in [5.41, 5.74) is 6.93. The lowest BCUT2D eigenvalue weighted by Crippen LogP contribution is -2.45. The molecule has 1 atom stereocenters. The lowest BCUT2D eigenvalue weighted by molar-refractivity contribution is -0.133. The van der Waals surface area contributed by atoms with Crippen LogP contribution < -0.4 is 5.32 Å². The number of fused-ring (bicyclic) bond motifs is 1. The minimum absolute atomic E-state index is 0.0696. The highest BCUT2D eigenvalue weighted by Crippen LogP contribution is 2.35. The number of aromatic amines is 1. The van der Waals surface area contributed by atoms with Gasteiger partial charge in [0.25, 0.3) is 0 Å². The SMILES string of the molecule is COC[C@@]1(C(=O)Nc2ccc3[nH]nc(-c4ccnc(C(C)C)c4)c3c2)CCN(CC(=O)N2CC=C(c3ccc(-c4ncccn4)cc3)CC2)C1. The molecule has 3 aromatic heterocycles. The number of rotatable bonds is 10. The highest BCUT2D eigenvalue weighted by atomic mass is 16.5. The number of pyridine rings is 1. The number of hydrogen-bond acceptors (Lipinski definition) is 8. The molecule has 50 heavy (non-hydrogen) atoms. The van der Waals surface area contributed by atoms with E-state index in [2.05, 4.69) is 73.5 Å². The summed E-state index contributed by atoms with van der Waals surface area (Å²) in [7, 11) is 1.62. The van der Waals surface area contributed by atoms with Crippen molar-refractivity contribution < 1.29 is 14.3 Å². The first-order valence-electron chi connectivity index (χ1n) is 17.1. The molecule has 256 valence electrons. The molecule has 0 spiro atoms. The van der Waals surface area contributed by atoms with Gasteiger partial charge in [-0.25, -0.2) is 9.97 Å². The fourth-order valence-corrected chi connectivity index (χ4v) is 6.96. The van der Waals surface area contributed by atoms with Gasteiger partial charge in [-0.2, -0.15) is 5.10 Å². The Hall–Kier alpha value is -5.26. The molecule has 2 N–H and O–H groups in total. The van der Waals surface area contributed by atoms with E-state index < -0.39 is 5.41 Å². The van der Waals surface area contributed by atoms with Crippen LogP contribution in [0.1, 0.15) is 43.9 Å². The summed E-state index contributed by atoms with van der Waals surface area (Å²) in [6, 6.07) is 19.9. The standard InChI is InChI=1S/C39H42N8O3/c1-26(2)34-21-30(11-17-40-34)36-32-22-31(9-10-33(32)44-45-36)43-38(49)39(25-50-3)14-20-46(24-39)23-35(48)47-18-12-28(13-19-47)27-5-7-29(8-6-27)37-41-15-4-16-42-37/h4-12,15-17,21-22,26H,13-14,18-20,23-25H2,1-3H3,(H,43,49)(H,44,45)/t39-/m1/s1. The fraction of sp³-hybridized carbons (Fsp3) is 0.333. The van der Waals surface area contributed by atoms with E-state index in [0.29, 0.717) is 50.0 Å². The van der Waals surface area contributed by atoms with Gasteiger partial charge in [0.2, 0.25) is 11.8 Å². The molecule has 1 fully saturated rings. The van der Waals surface area contributed by atoms with Crippen LogP contribution in [0.15, 0.2) is 85.3 Å². The van der Waals surface area contributed by atoms with Crippen molar-refractivity contribution >= 4 is 34.0 Å². The zero-order valence-corrected chi connectivity index (χ0v) is 28.7. The lowest BCUT2D eigenvalue weighted by Gasteiger charge is -2.30. The number of carbonyl (C=O) groups is 2. The number of methoxy groups -OCH3 is 1. The Bertz CT molecular complexity index is 2020. The highest BCUT2D eigenvalue weighted by Gasteiger charge is 2.45. The third-order valence-corrected chi connectivity index (χ3v) is 9.80. The molecule has 2 amide bonds. The maximum absolute atomic E-state index is 13.9. The van der Waals surface area contributed by atoms with E-state index in [0.717, 1.165) is 45.4 Å². The summed E-state index contributed by atoms with van der Waals surface area (Å²) < 4.78 is 5.59. The molecule has 2 aromatic carbocycles. The number of nitrogens with one attached hydrogen (secondary N) is 2. The Morgan fingerprint density at radius 1 is 0.960 bits per heavy atom. The first-order chi connectivity index (χ1) is 24.3. The Labute approximate surface area is 291 Å². The summed E-state index contributed by atoms with van der Waals surface area (Å²) >= 11 is 0. The largest absolute Gasteiger partial charge is 0.384 e. The van der Waals surface area contributed by atoms with Gasteiger partial charge in [0.15, 0.2) is 5.82 Å². The molecule has 0 radical (unpaired) electrons. The summed E-state index contributed by atoms with van der Waals surface area (Å²) in [5, 5.41) is 11.8. The smallest absolute Gasteiger partial charge is 0.237 e. The van der Waals surface area contributed by atoms with E-state index in [4.69, 9.17) is 4.74 Å². The minimum Gasteiger partial charge on any atom is -0.384 e. The van der Waals surface area contributed by atoms with Crippen LogP contribution in [0.4, 0.5) is 5.69 Å². The Morgan fingerprint density at radius 2 is 1.76 bits per heavy atom. The van der Waals surface area contributed by atoms with Crippen LogP contribution in [-0.4, -0.2) is 93.2 Å². The van der Waals surface area contributed by atoms with Crippen LogP contribution >= 0.6 is 0 Å². The fourth-order valence-electron chi connectivity index (χ4n) is 6.96. The second kappa shape index (κ2) is 14.3. The van der Waals surface area contributed by atoms with Crippen LogP contribution in [0.2, 0.25) is 0 Å². The molecule has 5 heterocycles. The van der Waals surface area contributed by atoms with Gasteiger partial charge in [-0.05, 0) is 72.8 Å². The molecule has 11 nitrogen and oxygen atoms in total. The molecule has 5 aromatic rings. The third kappa shape index (κ3) is 6.92. The Morgan fingerprint density at radius 3 is 2.50 bits per heavy atom. The van der Waals surface area contributed by atoms with Crippen molar-refractivity contribution in [3.8, 4) is 22.6 Å². The monoisotopic (exact) mass is 670 g/mol. The number of likely N-dealkylation sites (tertiary alicyclic amines) is 1. The molecular formula is C39H42N8O3. The van der Waals surface area contributed by atoms with Gasteiger partial charge in [-0.3, -0.25) is 24.6 Å². The number of aromatic nitrogens is 5. The number of amides is 2. The molecular weight excluding hydrogens is 628 g/mol. The maximum atomic E-state index is 13.9. The van der Waals surface area contributed by atoms with E-state index in [-0.39, 0.29) is 25.0 Å². The first-order valence-corrected chi connectivity index (χ1v) is 17.1. The van der Waals surface area contributed by atoms with E-state index in [1.165, 1.54) is 5.57 Å². The molecule has 0 bridgehead atoms. The van der Waals surface area contributed by atoms with E-state index >= 15 is 0 Å². The first kappa shape index (κ1) is 33.2. The van der Waals surface area contributed by atoms with Crippen molar-refractivity contribution in [1.82, 2.24) is 34.9 Å². The van der Waals surface area contributed by atoms with Gasteiger partial charge in [-0.1, -0.05) is 44.2 Å². The average molecular weight is 671 g/mol. The number of nitrogens with zero attached hydrogens (tertiary/aromatic N) is 6. The van der Waals surface area contributed by atoms with E-state index in [1.807, 2.05) is 47.5 Å². The Balaban J connectivity index is 0.981. The normalized spacial score (nSPS) is 18.1. The number of anilines is 1. The molecule has 2 aliphatic rings. The molecule has 11 heteroatoms. The van der Waals surface area contributed by atoms with Gasteiger partial charge in [0.1, 0.15) is 5.69 Å². The van der Waals surface area contributed by atoms with Gasteiger partial charge in [0, 0.05) is 73.2 Å². The third-order valence-electron chi connectivity index (χ3n) is 9.80. The van der Waals surface area contributed by atoms with Crippen molar-refractivity contribution in [2.24, 2.45) is 5.41 Å². The van der Waals surface area contributed by atoms with Crippen molar-refractivity contribution in [2.75, 3.05) is 51.8 Å². The average Bonchev–Trinajstić information content (AvgIpc) is 3.77. The molecule has 0 unspecified atom stereocenters. The predicted molar refractivity (Wildman–Crippen MR) is 194 cm³/mol. The second-order valence-electron chi connectivity index (χ2n) is 13.6. The predicted octanol–water partition coefficient (Wildman–Crippen LogP) is 5.80. The summed E-state index contributed by atoms with van der Waals surface area (Å²) in [4.78, 5) is 44.5. The molecule has 1 saturated heterocycles. The zero-order chi connectivity index (χ0) is 34.7. The molecule has 0 aliphatic carbocycles. The Kier molecular flexibility index (Phi) is 9.51. The van der Waals surface area contributed by atoms with Crippen LogP contribution in [-0.2, 0) is 14.3 Å². The van der Waals surface area contributed by atoms with Crippen LogP contribution in [0.25, 0.3) is 39.1 Å². The van der Waals surface area contributed by atoms with Gasteiger partial charge in [0.05, 0.1) is 24.1 Å². The number of ether oxygens (including phenoxy) is 1. The maximum Gasteiger partial charge on any atom is 0.237 e. The van der Waals surface area contributed by atoms with E-state index in [9.17, 15) is 9.59 Å². The number of H-pyrrole nitrogens is 1. The van der Waals surface area contributed by atoms with E-state index in [1.54, 1.807) is 25.6 Å². The van der Waals surface area contributed by atoms with Crippen molar-refractivity contribution in [3.63, 3.8) is 0 Å². The lowest BCUT2D eigenvalue weighted by atomic mass is 9.87. The molecule has 0 saturated carbocycles. The number of carbonyl (C=O) groups excluding carboxylic acids is 2. The minimum atomic E-state index is -0.771. The van der Waals surface area contributed by atoms with Gasteiger partial charge < -0.3 is 15.0 Å². The second-order valence-corrected chi connectivity index (χ2v) is 13.6. The summed E-state index contributed by atoms with van der Waals surface area (Å²) in [6.07, 6.45) is 8.81. The van der Waals surface area contributed by atoms with Crippen LogP contribution in [0.3, 0.4) is 0 Å². The van der Waals surface area contributed by atoms with Crippen LogP contribution in [0, 0.1) is 5.41 Å². The summed E-state index contributed by atoms with van der Waals surface area (Å²) in [6.45, 7) is 7.06. The molecule has 2 aliphatic heterocycles. The topological polar surface area (TPSA) is 129 Å². The van der Waals surface area contributed by atoms with Gasteiger partial charge in [-0.15, -0.1) is 0 Å².